The van der Waals surface area contributed by atoms with Gasteiger partial charge in [0.25, 0.3) is 5.91 Å². The summed E-state index contributed by atoms with van der Waals surface area (Å²) >= 11 is 0. The van der Waals surface area contributed by atoms with Crippen LogP contribution in [0.1, 0.15) is 28.9 Å². The van der Waals surface area contributed by atoms with Crippen LogP contribution in [0.4, 0.5) is 13.2 Å². The first kappa shape index (κ1) is 14.0. The number of amides is 1. The lowest BCUT2D eigenvalue weighted by molar-refractivity contribution is 0.0934. The summed E-state index contributed by atoms with van der Waals surface area (Å²) in [5.74, 6) is -3.27. The van der Waals surface area contributed by atoms with Crippen molar-refractivity contribution >= 4 is 5.91 Å². The molecule has 1 heterocycles. The molecule has 1 atom stereocenters. The van der Waals surface area contributed by atoms with Gasteiger partial charge in [0, 0.05) is 11.8 Å². The number of nitrogens with one attached hydrogen (secondary N) is 1. The molecule has 1 aromatic heterocycles. The second kappa shape index (κ2) is 5.73. The number of hydrogen-bond donors (Lipinski definition) is 1. The fraction of sp³-hybridized carbons (Fsp3) is 0.143. The van der Waals surface area contributed by atoms with E-state index in [1.807, 2.05) is 0 Å². The summed E-state index contributed by atoms with van der Waals surface area (Å²) in [6.45, 7) is 1.41. The number of benzene rings is 1. The lowest BCUT2D eigenvalue weighted by Gasteiger charge is -2.15. The van der Waals surface area contributed by atoms with Crippen LogP contribution in [0.25, 0.3) is 0 Å². The van der Waals surface area contributed by atoms with Gasteiger partial charge in [-0.2, -0.15) is 4.39 Å². The van der Waals surface area contributed by atoms with Gasteiger partial charge >= 0.3 is 0 Å². The third-order valence-electron chi connectivity index (χ3n) is 2.78. The van der Waals surface area contributed by atoms with Crippen LogP contribution >= 0.6 is 0 Å². The second-order valence-corrected chi connectivity index (χ2v) is 4.17. The van der Waals surface area contributed by atoms with Crippen molar-refractivity contribution in [3.63, 3.8) is 0 Å². The maximum atomic E-state index is 13.6. The van der Waals surface area contributed by atoms with Crippen LogP contribution in [0.15, 0.2) is 36.5 Å². The minimum atomic E-state index is -0.941. The first-order chi connectivity index (χ1) is 9.50. The molecule has 0 radical (unpaired) electrons. The molecule has 0 bridgehead atoms. The van der Waals surface area contributed by atoms with Gasteiger partial charge in [-0.3, -0.25) is 4.79 Å². The first-order valence-corrected chi connectivity index (χ1v) is 5.86. The molecule has 2 aromatic rings. The predicted molar refractivity (Wildman–Crippen MR) is 66.4 cm³/mol. The van der Waals surface area contributed by atoms with Crippen molar-refractivity contribution < 1.29 is 18.0 Å². The van der Waals surface area contributed by atoms with Crippen molar-refractivity contribution in [2.75, 3.05) is 0 Å². The molecule has 1 unspecified atom stereocenters. The van der Waals surface area contributed by atoms with E-state index >= 15 is 0 Å². The maximum absolute atomic E-state index is 13.6. The topological polar surface area (TPSA) is 42.0 Å². The predicted octanol–water partition coefficient (Wildman–Crippen LogP) is 2.99. The molecule has 20 heavy (non-hydrogen) atoms. The molecule has 0 fully saturated rings. The van der Waals surface area contributed by atoms with E-state index in [2.05, 4.69) is 10.3 Å². The van der Waals surface area contributed by atoms with Crippen molar-refractivity contribution in [1.82, 2.24) is 10.3 Å². The molecule has 1 N–H and O–H groups in total. The molecule has 1 aromatic carbocycles. The van der Waals surface area contributed by atoms with Gasteiger partial charge in [0.2, 0.25) is 5.95 Å². The number of nitrogens with zero attached hydrogens (tertiary/aromatic N) is 1. The summed E-state index contributed by atoms with van der Waals surface area (Å²) in [5.41, 5.74) is -0.554. The van der Waals surface area contributed by atoms with Crippen molar-refractivity contribution in [3.8, 4) is 0 Å². The zero-order valence-electron chi connectivity index (χ0n) is 10.5. The smallest absolute Gasteiger partial charge is 0.256 e. The Kier molecular flexibility index (Phi) is 4.02. The molecular weight excluding hydrogens is 269 g/mol. The van der Waals surface area contributed by atoms with Gasteiger partial charge in [0.05, 0.1) is 11.6 Å². The molecule has 0 aliphatic rings. The van der Waals surface area contributed by atoms with E-state index in [0.29, 0.717) is 0 Å². The molecule has 0 spiro atoms. The second-order valence-electron chi connectivity index (χ2n) is 4.17. The van der Waals surface area contributed by atoms with Gasteiger partial charge in [-0.1, -0.05) is 6.07 Å². The Morgan fingerprint density at radius 2 is 1.80 bits per heavy atom. The average molecular weight is 280 g/mol. The minimum Gasteiger partial charge on any atom is -0.345 e. The van der Waals surface area contributed by atoms with Crippen LogP contribution in [-0.2, 0) is 0 Å². The van der Waals surface area contributed by atoms with E-state index in [4.69, 9.17) is 0 Å². The number of halogens is 3. The van der Waals surface area contributed by atoms with Crippen molar-refractivity contribution in [2.24, 2.45) is 0 Å². The van der Waals surface area contributed by atoms with Crippen LogP contribution in [0.2, 0.25) is 0 Å². The van der Waals surface area contributed by atoms with Crippen LogP contribution in [0, 0.1) is 17.6 Å². The molecular formula is C14H11F3N2O. The van der Waals surface area contributed by atoms with E-state index in [-0.39, 0.29) is 11.1 Å². The fourth-order valence-electron chi connectivity index (χ4n) is 1.83. The Hall–Kier alpha value is -2.37. The summed E-state index contributed by atoms with van der Waals surface area (Å²) in [7, 11) is 0. The highest BCUT2D eigenvalue weighted by Crippen LogP contribution is 2.20. The number of hydrogen-bond acceptors (Lipinski definition) is 2. The van der Waals surface area contributed by atoms with E-state index in [1.165, 1.54) is 31.3 Å². The van der Waals surface area contributed by atoms with E-state index < -0.39 is 29.5 Å². The summed E-state index contributed by atoms with van der Waals surface area (Å²) < 4.78 is 40.4. The highest BCUT2D eigenvalue weighted by atomic mass is 19.1. The summed E-state index contributed by atoms with van der Waals surface area (Å²) in [6.07, 6.45) is 1.20. The van der Waals surface area contributed by atoms with Crippen molar-refractivity contribution in [2.45, 2.75) is 13.0 Å². The van der Waals surface area contributed by atoms with Gasteiger partial charge in [0.15, 0.2) is 0 Å². The van der Waals surface area contributed by atoms with E-state index in [1.54, 1.807) is 0 Å². The number of rotatable bonds is 3. The van der Waals surface area contributed by atoms with Crippen molar-refractivity contribution in [1.29, 1.82) is 0 Å². The van der Waals surface area contributed by atoms with Gasteiger partial charge in [-0.15, -0.1) is 0 Å². The molecule has 0 saturated heterocycles. The van der Waals surface area contributed by atoms with E-state index in [9.17, 15) is 18.0 Å². The summed E-state index contributed by atoms with van der Waals surface area (Å²) in [4.78, 5) is 15.2. The molecule has 1 amide bonds. The van der Waals surface area contributed by atoms with Gasteiger partial charge in [0.1, 0.15) is 11.6 Å². The zero-order chi connectivity index (χ0) is 14.7. The Morgan fingerprint density at radius 3 is 2.40 bits per heavy atom. The van der Waals surface area contributed by atoms with Crippen LogP contribution in [-0.4, -0.2) is 10.9 Å². The average Bonchev–Trinajstić information content (AvgIpc) is 2.38. The molecule has 0 aliphatic heterocycles. The molecule has 3 nitrogen and oxygen atoms in total. The quantitative estimate of drug-likeness (QED) is 0.878. The van der Waals surface area contributed by atoms with Crippen LogP contribution in [0.3, 0.4) is 0 Å². The highest BCUT2D eigenvalue weighted by Gasteiger charge is 2.20. The molecule has 2 rings (SSSR count). The van der Waals surface area contributed by atoms with Gasteiger partial charge < -0.3 is 5.32 Å². The Balaban J connectivity index is 2.22. The van der Waals surface area contributed by atoms with E-state index in [0.717, 1.165) is 12.1 Å². The Morgan fingerprint density at radius 1 is 1.15 bits per heavy atom. The molecule has 0 saturated carbocycles. The lowest BCUT2D eigenvalue weighted by atomic mass is 10.1. The largest absolute Gasteiger partial charge is 0.345 e. The normalized spacial score (nSPS) is 12.0. The SMILES string of the molecule is CC(NC(=O)c1cccnc1F)c1c(F)cccc1F. The highest BCUT2D eigenvalue weighted by molar-refractivity contribution is 5.94. The minimum absolute atomic E-state index is 0.273. The number of aromatic nitrogens is 1. The first-order valence-electron chi connectivity index (χ1n) is 5.86. The van der Waals surface area contributed by atoms with Gasteiger partial charge in [-0.05, 0) is 31.2 Å². The Bertz CT molecular complexity index is 626. The fourth-order valence-corrected chi connectivity index (χ4v) is 1.83. The van der Waals surface area contributed by atoms with Crippen molar-refractivity contribution in [3.05, 3.63) is 65.2 Å². The number of pyridine rings is 1. The lowest BCUT2D eigenvalue weighted by Crippen LogP contribution is -2.28. The molecule has 6 heteroatoms. The molecule has 0 aliphatic carbocycles. The molecule has 104 valence electrons. The third-order valence-corrected chi connectivity index (χ3v) is 2.78. The van der Waals surface area contributed by atoms with Gasteiger partial charge in [-0.25, -0.2) is 13.8 Å². The summed E-state index contributed by atoms with van der Waals surface area (Å²) in [5, 5.41) is 2.34. The number of carbonyl (C=O) groups excluding carboxylic acids is 1. The summed E-state index contributed by atoms with van der Waals surface area (Å²) in [6, 6.07) is 5.10. The van der Waals surface area contributed by atoms with Crippen LogP contribution in [0.5, 0.6) is 0 Å². The Labute approximate surface area is 113 Å². The van der Waals surface area contributed by atoms with Crippen LogP contribution < -0.4 is 5.32 Å². The monoisotopic (exact) mass is 280 g/mol. The maximum Gasteiger partial charge on any atom is 0.256 e. The zero-order valence-corrected chi connectivity index (χ0v) is 10.5. The number of carbonyl (C=O) groups is 1. The standard InChI is InChI=1S/C14H11F3N2O/c1-8(12-10(15)5-2-6-11(12)16)19-14(20)9-4-3-7-18-13(9)17/h2-8H,1H3,(H,19,20). The third kappa shape index (κ3) is 2.79.